The average Bonchev–Trinajstić information content (AvgIpc) is 3.48. The van der Waals surface area contributed by atoms with Gasteiger partial charge >= 0.3 is 0 Å². The molecule has 0 spiro atoms. The fourth-order valence-electron chi connectivity index (χ4n) is 5.54. The van der Waals surface area contributed by atoms with E-state index < -0.39 is 15.4 Å². The minimum Gasteiger partial charge on any atom is -0.347 e. The molecule has 39 heavy (non-hydrogen) atoms. The lowest BCUT2D eigenvalue weighted by Gasteiger charge is -2.32. The fraction of sp³-hybridized carbons (Fsp3) is 0.387. The number of hydrogen-bond donors (Lipinski definition) is 1. The van der Waals surface area contributed by atoms with Crippen LogP contribution < -0.4 is 5.32 Å². The molecule has 5 rings (SSSR count). The smallest absolute Gasteiger partial charge is 0.249 e. The standard InChI is InChI=1S/C31H37N3O3S2/c1-24-9-8-19-33(23-24)20-18-29(27-12-6-3-7-13-27)32-30(35)31-34(21-22-38-31)39(36,37)28-16-14-26(15-17-28)25-10-4-2-5-11-25/h2-7,10-17,24,29,31H,8-9,18-23H2,1H3,(H,32,35). The van der Waals surface area contributed by atoms with E-state index >= 15 is 0 Å². The molecule has 2 aliphatic heterocycles. The second kappa shape index (κ2) is 12.7. The summed E-state index contributed by atoms with van der Waals surface area (Å²) in [6.07, 6.45) is 3.27. The Morgan fingerprint density at radius 2 is 1.62 bits per heavy atom. The maximum atomic E-state index is 13.6. The molecule has 2 heterocycles. The molecule has 3 atom stereocenters. The molecule has 3 aromatic rings. The first-order valence-electron chi connectivity index (χ1n) is 13.8. The van der Waals surface area contributed by atoms with Crippen LogP contribution >= 0.6 is 11.8 Å². The highest BCUT2D eigenvalue weighted by Gasteiger charge is 2.40. The van der Waals surface area contributed by atoms with Crippen molar-refractivity contribution < 1.29 is 13.2 Å². The minimum absolute atomic E-state index is 0.174. The molecule has 1 N–H and O–H groups in total. The molecule has 0 aromatic heterocycles. The van der Waals surface area contributed by atoms with Crippen LogP contribution in [0, 0.1) is 5.92 Å². The Balaban J connectivity index is 1.29. The summed E-state index contributed by atoms with van der Waals surface area (Å²) >= 11 is 1.39. The Kier molecular flexibility index (Phi) is 9.07. The SMILES string of the molecule is CC1CCCN(CCC(NC(=O)C2SCCN2S(=O)(=O)c2ccc(-c3ccccc3)cc2)c2ccccc2)C1. The summed E-state index contributed by atoms with van der Waals surface area (Å²) in [5.74, 6) is 1.03. The Hall–Kier alpha value is -2.65. The third-order valence-electron chi connectivity index (χ3n) is 7.63. The first kappa shape index (κ1) is 27.9. The quantitative estimate of drug-likeness (QED) is 0.378. The topological polar surface area (TPSA) is 69.7 Å². The molecule has 3 unspecified atom stereocenters. The number of piperidine rings is 1. The highest BCUT2D eigenvalue weighted by molar-refractivity contribution is 8.02. The second-order valence-corrected chi connectivity index (χ2v) is 13.6. The van der Waals surface area contributed by atoms with Gasteiger partial charge in [-0.3, -0.25) is 4.79 Å². The lowest BCUT2D eigenvalue weighted by molar-refractivity contribution is -0.123. The second-order valence-electron chi connectivity index (χ2n) is 10.5. The zero-order chi connectivity index (χ0) is 27.2. The van der Waals surface area contributed by atoms with Gasteiger partial charge in [-0.05, 0) is 60.5 Å². The maximum absolute atomic E-state index is 13.6. The largest absolute Gasteiger partial charge is 0.347 e. The molecule has 0 bridgehead atoms. The first-order valence-corrected chi connectivity index (χ1v) is 16.3. The van der Waals surface area contributed by atoms with Gasteiger partial charge in [0.1, 0.15) is 5.37 Å². The zero-order valence-electron chi connectivity index (χ0n) is 22.4. The Labute approximate surface area is 236 Å². The summed E-state index contributed by atoms with van der Waals surface area (Å²) in [5.41, 5.74) is 3.03. The Bertz CT molecular complexity index is 1330. The number of amides is 1. The van der Waals surface area contributed by atoms with Crippen molar-refractivity contribution in [2.45, 2.75) is 42.5 Å². The third kappa shape index (κ3) is 6.74. The van der Waals surface area contributed by atoms with E-state index in [-0.39, 0.29) is 16.8 Å². The summed E-state index contributed by atoms with van der Waals surface area (Å²) in [6, 6.07) is 26.6. The number of sulfonamides is 1. The third-order valence-corrected chi connectivity index (χ3v) is 10.8. The average molecular weight is 564 g/mol. The molecule has 2 fully saturated rings. The molecular weight excluding hydrogens is 526 g/mol. The lowest BCUT2D eigenvalue weighted by Crippen LogP contribution is -2.46. The maximum Gasteiger partial charge on any atom is 0.249 e. The van der Waals surface area contributed by atoms with E-state index in [9.17, 15) is 13.2 Å². The minimum atomic E-state index is -3.82. The predicted octanol–water partition coefficient (Wildman–Crippen LogP) is 5.40. The number of carbonyl (C=O) groups excluding carboxylic acids is 1. The van der Waals surface area contributed by atoms with E-state index in [1.54, 1.807) is 12.1 Å². The van der Waals surface area contributed by atoms with Gasteiger partial charge in [-0.15, -0.1) is 11.8 Å². The number of carbonyl (C=O) groups is 1. The molecule has 8 heteroatoms. The monoisotopic (exact) mass is 563 g/mol. The van der Waals surface area contributed by atoms with Crippen molar-refractivity contribution in [2.24, 2.45) is 5.92 Å². The number of hydrogen-bond acceptors (Lipinski definition) is 5. The molecule has 0 radical (unpaired) electrons. The van der Waals surface area contributed by atoms with E-state index in [1.165, 1.54) is 28.9 Å². The van der Waals surface area contributed by atoms with Gasteiger partial charge in [0, 0.05) is 25.4 Å². The molecule has 2 aliphatic rings. The summed E-state index contributed by atoms with van der Waals surface area (Å²) < 4.78 is 28.6. The molecule has 0 saturated carbocycles. The number of nitrogens with one attached hydrogen (secondary N) is 1. The number of likely N-dealkylation sites (tertiary alicyclic amines) is 1. The van der Waals surface area contributed by atoms with Crippen molar-refractivity contribution in [1.29, 1.82) is 0 Å². The number of rotatable bonds is 9. The molecule has 0 aliphatic carbocycles. The highest BCUT2D eigenvalue weighted by atomic mass is 32.2. The van der Waals surface area contributed by atoms with Gasteiger partial charge in [0.05, 0.1) is 10.9 Å². The zero-order valence-corrected chi connectivity index (χ0v) is 24.0. The van der Waals surface area contributed by atoms with Crippen LogP contribution in [-0.4, -0.2) is 60.8 Å². The van der Waals surface area contributed by atoms with Gasteiger partial charge in [-0.1, -0.05) is 79.7 Å². The van der Waals surface area contributed by atoms with Crippen LogP contribution in [0.3, 0.4) is 0 Å². The van der Waals surface area contributed by atoms with Crippen molar-refractivity contribution in [2.75, 3.05) is 31.9 Å². The van der Waals surface area contributed by atoms with Crippen molar-refractivity contribution >= 4 is 27.7 Å². The van der Waals surface area contributed by atoms with Crippen LogP contribution in [0.2, 0.25) is 0 Å². The van der Waals surface area contributed by atoms with Crippen LogP contribution in [0.4, 0.5) is 0 Å². The van der Waals surface area contributed by atoms with E-state index in [0.29, 0.717) is 18.2 Å². The van der Waals surface area contributed by atoms with Crippen molar-refractivity contribution in [3.8, 4) is 11.1 Å². The van der Waals surface area contributed by atoms with Crippen molar-refractivity contribution in [3.05, 3.63) is 90.5 Å². The number of thioether (sulfide) groups is 1. The highest BCUT2D eigenvalue weighted by Crippen LogP contribution is 2.32. The summed E-state index contributed by atoms with van der Waals surface area (Å²) in [4.78, 5) is 16.3. The Morgan fingerprint density at radius 1 is 0.949 bits per heavy atom. The van der Waals surface area contributed by atoms with Crippen LogP contribution in [0.1, 0.15) is 37.8 Å². The van der Waals surface area contributed by atoms with E-state index in [1.807, 2.05) is 72.8 Å². The molecule has 2 saturated heterocycles. The van der Waals surface area contributed by atoms with Gasteiger partial charge < -0.3 is 10.2 Å². The van der Waals surface area contributed by atoms with Crippen LogP contribution in [0.25, 0.3) is 11.1 Å². The number of nitrogens with zero attached hydrogens (tertiary/aromatic N) is 2. The van der Waals surface area contributed by atoms with Gasteiger partial charge in [-0.2, -0.15) is 4.31 Å². The molecule has 3 aromatic carbocycles. The first-order chi connectivity index (χ1) is 18.9. The van der Waals surface area contributed by atoms with Crippen molar-refractivity contribution in [3.63, 3.8) is 0 Å². The molecule has 206 valence electrons. The number of benzene rings is 3. The van der Waals surface area contributed by atoms with E-state index in [2.05, 4.69) is 17.1 Å². The normalized spacial score (nSPS) is 21.5. The lowest BCUT2D eigenvalue weighted by atomic mass is 9.98. The van der Waals surface area contributed by atoms with E-state index in [0.717, 1.165) is 42.7 Å². The molecular formula is C31H37N3O3S2. The van der Waals surface area contributed by atoms with Crippen LogP contribution in [0.5, 0.6) is 0 Å². The van der Waals surface area contributed by atoms with Gasteiger partial charge in [0.25, 0.3) is 0 Å². The molecule has 1 amide bonds. The summed E-state index contributed by atoms with van der Waals surface area (Å²) in [6.45, 7) is 5.69. The Morgan fingerprint density at radius 3 is 2.31 bits per heavy atom. The van der Waals surface area contributed by atoms with E-state index in [4.69, 9.17) is 0 Å². The van der Waals surface area contributed by atoms with Gasteiger partial charge in [0.15, 0.2) is 0 Å². The summed E-state index contributed by atoms with van der Waals surface area (Å²) in [5, 5.41) is 2.43. The fourth-order valence-corrected chi connectivity index (χ4v) is 8.63. The molecule has 6 nitrogen and oxygen atoms in total. The van der Waals surface area contributed by atoms with Crippen molar-refractivity contribution in [1.82, 2.24) is 14.5 Å². The van der Waals surface area contributed by atoms with Crippen LogP contribution in [0.15, 0.2) is 89.8 Å². The van der Waals surface area contributed by atoms with Gasteiger partial charge in [0.2, 0.25) is 15.9 Å². The van der Waals surface area contributed by atoms with Gasteiger partial charge in [-0.25, -0.2) is 8.42 Å². The summed E-state index contributed by atoms with van der Waals surface area (Å²) in [7, 11) is -3.82. The van der Waals surface area contributed by atoms with Crippen LogP contribution in [-0.2, 0) is 14.8 Å². The predicted molar refractivity (Wildman–Crippen MR) is 159 cm³/mol.